The minimum absolute atomic E-state index is 0.245. The van der Waals surface area contributed by atoms with Gasteiger partial charge in [0.05, 0.1) is 6.04 Å². The highest BCUT2D eigenvalue weighted by Gasteiger charge is 2.16. The summed E-state index contributed by atoms with van der Waals surface area (Å²) in [4.78, 5) is 2.13. The molecule has 1 aromatic heterocycles. The third kappa shape index (κ3) is 2.59. The number of nitrogens with two attached hydrogens (primary N) is 1. The maximum absolute atomic E-state index is 13.7. The van der Waals surface area contributed by atoms with Crippen molar-refractivity contribution in [1.29, 1.82) is 0 Å². The Balaban J connectivity index is 2.42. The molecule has 0 bridgehead atoms. The zero-order valence-electron chi connectivity index (χ0n) is 9.63. The predicted molar refractivity (Wildman–Crippen MR) is 73.9 cm³/mol. The molecule has 2 rings (SSSR count). The molecule has 1 heterocycles. The van der Waals surface area contributed by atoms with Crippen LogP contribution in [0, 0.1) is 19.7 Å². The molecule has 2 aromatic rings. The molecule has 0 fully saturated rings. The van der Waals surface area contributed by atoms with Gasteiger partial charge in [-0.3, -0.25) is 0 Å². The summed E-state index contributed by atoms with van der Waals surface area (Å²) in [6.07, 6.45) is 0. The van der Waals surface area contributed by atoms with E-state index in [4.69, 9.17) is 5.73 Å². The van der Waals surface area contributed by atoms with Gasteiger partial charge in [0.25, 0.3) is 0 Å². The van der Waals surface area contributed by atoms with Crippen molar-refractivity contribution in [2.75, 3.05) is 0 Å². The quantitative estimate of drug-likeness (QED) is 0.878. The van der Waals surface area contributed by atoms with Crippen molar-refractivity contribution in [3.63, 3.8) is 0 Å². The Bertz CT molecular complexity index is 531. The number of hydrogen-bond acceptors (Lipinski definition) is 2. The first kappa shape index (κ1) is 12.7. The Kier molecular flexibility index (Phi) is 3.66. The van der Waals surface area contributed by atoms with Crippen molar-refractivity contribution in [1.82, 2.24) is 0 Å². The number of hydrogen-bond donors (Lipinski definition) is 1. The van der Waals surface area contributed by atoms with Crippen molar-refractivity contribution in [3.05, 3.63) is 55.4 Å². The molecule has 4 heteroatoms. The van der Waals surface area contributed by atoms with Gasteiger partial charge in [0.15, 0.2) is 0 Å². The number of benzene rings is 1. The molecule has 0 aliphatic rings. The maximum Gasteiger partial charge on any atom is 0.128 e. The van der Waals surface area contributed by atoms with E-state index >= 15 is 0 Å². The van der Waals surface area contributed by atoms with Crippen molar-refractivity contribution in [2.45, 2.75) is 19.9 Å². The fourth-order valence-corrected chi connectivity index (χ4v) is 3.27. The van der Waals surface area contributed by atoms with E-state index in [0.29, 0.717) is 5.56 Å². The van der Waals surface area contributed by atoms with Crippen LogP contribution in [0.3, 0.4) is 0 Å². The van der Waals surface area contributed by atoms with Crippen LogP contribution in [-0.4, -0.2) is 0 Å². The van der Waals surface area contributed by atoms with E-state index in [1.54, 1.807) is 17.4 Å². The molecule has 0 spiro atoms. The van der Waals surface area contributed by atoms with E-state index < -0.39 is 6.04 Å². The second-order valence-corrected chi connectivity index (χ2v) is 6.20. The molecule has 1 nitrogen and oxygen atoms in total. The van der Waals surface area contributed by atoms with Gasteiger partial charge >= 0.3 is 0 Å². The van der Waals surface area contributed by atoms with Crippen LogP contribution >= 0.6 is 27.3 Å². The smallest absolute Gasteiger partial charge is 0.128 e. The highest BCUT2D eigenvalue weighted by Crippen LogP contribution is 2.33. The number of thiophene rings is 1. The zero-order chi connectivity index (χ0) is 12.6. The molecule has 1 unspecified atom stereocenters. The summed E-state index contributed by atoms with van der Waals surface area (Å²) in [5, 5.41) is 0. The summed E-state index contributed by atoms with van der Waals surface area (Å²) in [5.41, 5.74) is 7.69. The van der Waals surface area contributed by atoms with Crippen molar-refractivity contribution in [2.24, 2.45) is 5.73 Å². The molecular weight excluding hydrogens is 301 g/mol. The van der Waals surface area contributed by atoms with Crippen molar-refractivity contribution < 1.29 is 4.39 Å². The van der Waals surface area contributed by atoms with E-state index in [1.807, 2.05) is 26.0 Å². The van der Waals surface area contributed by atoms with Gasteiger partial charge in [-0.2, -0.15) is 0 Å². The van der Waals surface area contributed by atoms with E-state index in [-0.39, 0.29) is 5.82 Å². The average molecular weight is 314 g/mol. The highest BCUT2D eigenvalue weighted by atomic mass is 79.9. The lowest BCUT2D eigenvalue weighted by Gasteiger charge is -2.11. The minimum Gasteiger partial charge on any atom is -0.320 e. The molecule has 0 saturated heterocycles. The number of aryl methyl sites for hydroxylation is 2. The van der Waals surface area contributed by atoms with Crippen molar-refractivity contribution >= 4 is 27.3 Å². The molecule has 0 amide bonds. The third-order valence-corrected chi connectivity index (χ3v) is 4.89. The van der Waals surface area contributed by atoms with Crippen LogP contribution in [0.4, 0.5) is 4.39 Å². The third-order valence-electron chi connectivity index (χ3n) is 2.67. The van der Waals surface area contributed by atoms with Crippen LogP contribution in [0.5, 0.6) is 0 Å². The molecule has 0 aliphatic heterocycles. The van der Waals surface area contributed by atoms with E-state index in [9.17, 15) is 4.39 Å². The fourth-order valence-electron chi connectivity index (χ4n) is 1.69. The predicted octanol–water partition coefficient (Wildman–Crippen LogP) is 4.31. The molecule has 17 heavy (non-hydrogen) atoms. The Morgan fingerprint density at radius 3 is 2.59 bits per heavy atom. The van der Waals surface area contributed by atoms with Gasteiger partial charge in [-0.15, -0.1) is 11.3 Å². The maximum atomic E-state index is 13.7. The molecule has 0 aliphatic carbocycles. The van der Waals surface area contributed by atoms with Gasteiger partial charge in [0.1, 0.15) is 5.82 Å². The lowest BCUT2D eigenvalue weighted by atomic mass is 10.0. The van der Waals surface area contributed by atoms with Crippen LogP contribution in [0.2, 0.25) is 0 Å². The van der Waals surface area contributed by atoms with Gasteiger partial charge in [-0.05, 0) is 41.9 Å². The zero-order valence-corrected chi connectivity index (χ0v) is 12.0. The molecule has 0 radical (unpaired) electrons. The first-order chi connectivity index (χ1) is 7.99. The van der Waals surface area contributed by atoms with Gasteiger partial charge in [0.2, 0.25) is 0 Å². The lowest BCUT2D eigenvalue weighted by molar-refractivity contribution is 0.600. The summed E-state index contributed by atoms with van der Waals surface area (Å²) >= 11 is 5.04. The monoisotopic (exact) mass is 313 g/mol. The largest absolute Gasteiger partial charge is 0.320 e. The molecule has 1 atom stereocenters. The second kappa shape index (κ2) is 4.88. The summed E-state index contributed by atoms with van der Waals surface area (Å²) < 4.78 is 14.8. The van der Waals surface area contributed by atoms with E-state index in [1.165, 1.54) is 6.07 Å². The van der Waals surface area contributed by atoms with Gasteiger partial charge in [-0.25, -0.2) is 4.39 Å². The number of rotatable bonds is 2. The lowest BCUT2D eigenvalue weighted by Crippen LogP contribution is -2.12. The van der Waals surface area contributed by atoms with Gasteiger partial charge in [-0.1, -0.05) is 17.7 Å². The van der Waals surface area contributed by atoms with E-state index in [2.05, 4.69) is 15.9 Å². The topological polar surface area (TPSA) is 26.0 Å². The fraction of sp³-hybridized carbons (Fsp3) is 0.231. The Morgan fingerprint density at radius 1 is 1.29 bits per heavy atom. The average Bonchev–Trinajstić information content (AvgIpc) is 2.62. The number of halogens is 2. The van der Waals surface area contributed by atoms with Crippen molar-refractivity contribution in [3.8, 4) is 0 Å². The van der Waals surface area contributed by atoms with Crippen LogP contribution in [0.15, 0.2) is 28.7 Å². The van der Waals surface area contributed by atoms with Crippen LogP contribution in [0.25, 0.3) is 0 Å². The minimum atomic E-state index is -0.398. The standard InChI is InChI=1S/C13H13BrFNS/c1-7-3-4-11(15)9(5-7)13(16)12-6-10(14)8(2)17-12/h3-6,13H,16H2,1-2H3. The Morgan fingerprint density at radius 2 is 2.00 bits per heavy atom. The van der Waals surface area contributed by atoms with E-state index in [0.717, 1.165) is 19.8 Å². The summed E-state index contributed by atoms with van der Waals surface area (Å²) in [5.74, 6) is -0.245. The molecule has 90 valence electrons. The summed E-state index contributed by atoms with van der Waals surface area (Å²) in [6.45, 7) is 3.95. The Hall–Kier alpha value is -0.710. The Labute approximate surface area is 113 Å². The van der Waals surface area contributed by atoms with Gasteiger partial charge in [0, 0.05) is 19.8 Å². The normalized spacial score (nSPS) is 12.8. The van der Waals surface area contributed by atoms with Crippen LogP contribution in [0.1, 0.15) is 26.9 Å². The van der Waals surface area contributed by atoms with Crippen LogP contribution in [-0.2, 0) is 0 Å². The first-order valence-electron chi connectivity index (χ1n) is 5.26. The summed E-state index contributed by atoms with van der Waals surface area (Å²) in [6, 6.07) is 6.60. The highest BCUT2D eigenvalue weighted by molar-refractivity contribution is 9.10. The molecule has 0 saturated carbocycles. The SMILES string of the molecule is Cc1ccc(F)c(C(N)c2cc(Br)c(C)s2)c1. The second-order valence-electron chi connectivity index (χ2n) is 4.06. The first-order valence-corrected chi connectivity index (χ1v) is 6.87. The molecule has 2 N–H and O–H groups in total. The molecular formula is C13H13BrFNS. The van der Waals surface area contributed by atoms with Gasteiger partial charge < -0.3 is 5.73 Å². The van der Waals surface area contributed by atoms with Crippen LogP contribution < -0.4 is 5.73 Å². The molecule has 1 aromatic carbocycles. The summed E-state index contributed by atoms with van der Waals surface area (Å²) in [7, 11) is 0.